The van der Waals surface area contributed by atoms with Gasteiger partial charge < -0.3 is 4.90 Å². The molecule has 1 aromatic heterocycles. The highest BCUT2D eigenvalue weighted by Crippen LogP contribution is 2.22. The SMILES string of the molecule is Cc1nnnn1CCCN1CCC[C@H](CCc2ccccc2F)C1. The zero-order chi connectivity index (χ0) is 16.8. The summed E-state index contributed by atoms with van der Waals surface area (Å²) in [5, 5.41) is 11.6. The molecular formula is C18H26FN5. The van der Waals surface area contributed by atoms with Gasteiger partial charge in [0.2, 0.25) is 0 Å². The summed E-state index contributed by atoms with van der Waals surface area (Å²) in [6.07, 6.45) is 5.48. The summed E-state index contributed by atoms with van der Waals surface area (Å²) in [6, 6.07) is 7.15. The third-order valence-electron chi connectivity index (χ3n) is 4.94. The fourth-order valence-electron chi connectivity index (χ4n) is 3.55. The van der Waals surface area contributed by atoms with Gasteiger partial charge in [0.05, 0.1) is 0 Å². The molecule has 3 rings (SSSR count). The van der Waals surface area contributed by atoms with Crippen molar-refractivity contribution < 1.29 is 4.39 Å². The van der Waals surface area contributed by atoms with E-state index in [4.69, 9.17) is 0 Å². The molecule has 0 unspecified atom stereocenters. The smallest absolute Gasteiger partial charge is 0.148 e. The van der Waals surface area contributed by atoms with E-state index in [0.717, 1.165) is 50.3 Å². The Morgan fingerprint density at radius 2 is 2.12 bits per heavy atom. The zero-order valence-electron chi connectivity index (χ0n) is 14.4. The van der Waals surface area contributed by atoms with Gasteiger partial charge in [-0.05, 0) is 80.1 Å². The van der Waals surface area contributed by atoms with Crippen LogP contribution in [0.2, 0.25) is 0 Å². The number of rotatable bonds is 7. The van der Waals surface area contributed by atoms with Crippen molar-refractivity contribution in [2.24, 2.45) is 5.92 Å². The summed E-state index contributed by atoms with van der Waals surface area (Å²) in [4.78, 5) is 2.54. The molecule has 1 saturated heterocycles. The number of benzene rings is 1. The van der Waals surface area contributed by atoms with Crippen LogP contribution >= 0.6 is 0 Å². The maximum atomic E-state index is 13.7. The minimum Gasteiger partial charge on any atom is -0.303 e. The summed E-state index contributed by atoms with van der Waals surface area (Å²) in [5.41, 5.74) is 0.851. The minimum absolute atomic E-state index is 0.0676. The fraction of sp³-hybridized carbons (Fsp3) is 0.611. The van der Waals surface area contributed by atoms with Crippen LogP contribution in [0, 0.1) is 18.7 Å². The van der Waals surface area contributed by atoms with E-state index in [9.17, 15) is 4.39 Å². The summed E-state index contributed by atoms with van der Waals surface area (Å²) in [5.74, 6) is 1.48. The summed E-state index contributed by atoms with van der Waals surface area (Å²) >= 11 is 0. The third kappa shape index (κ3) is 4.60. The Kier molecular flexibility index (Phi) is 5.91. The highest BCUT2D eigenvalue weighted by molar-refractivity contribution is 5.17. The second-order valence-corrected chi connectivity index (χ2v) is 6.74. The fourth-order valence-corrected chi connectivity index (χ4v) is 3.55. The Morgan fingerprint density at radius 3 is 2.92 bits per heavy atom. The molecule has 0 bridgehead atoms. The van der Waals surface area contributed by atoms with E-state index in [-0.39, 0.29) is 5.82 Å². The van der Waals surface area contributed by atoms with Gasteiger partial charge in [-0.3, -0.25) is 0 Å². The van der Waals surface area contributed by atoms with E-state index in [0.29, 0.717) is 5.92 Å². The van der Waals surface area contributed by atoms with Crippen LogP contribution in [0.4, 0.5) is 4.39 Å². The summed E-state index contributed by atoms with van der Waals surface area (Å²) in [6.45, 7) is 6.18. The molecule has 1 fully saturated rings. The van der Waals surface area contributed by atoms with Gasteiger partial charge in [0.25, 0.3) is 0 Å². The molecule has 0 saturated carbocycles. The lowest BCUT2D eigenvalue weighted by molar-refractivity contribution is 0.164. The van der Waals surface area contributed by atoms with Crippen LogP contribution < -0.4 is 0 Å². The Labute approximate surface area is 142 Å². The van der Waals surface area contributed by atoms with Crippen LogP contribution in [0.15, 0.2) is 24.3 Å². The molecule has 1 aliphatic heterocycles. The number of aryl methyl sites for hydroxylation is 3. The Hall–Kier alpha value is -1.82. The van der Waals surface area contributed by atoms with Crippen LogP contribution in [0.5, 0.6) is 0 Å². The van der Waals surface area contributed by atoms with E-state index < -0.39 is 0 Å². The molecule has 130 valence electrons. The van der Waals surface area contributed by atoms with E-state index in [1.165, 1.54) is 19.4 Å². The number of hydrogen-bond donors (Lipinski definition) is 0. The molecule has 0 amide bonds. The molecular weight excluding hydrogens is 305 g/mol. The van der Waals surface area contributed by atoms with Crippen LogP contribution in [-0.2, 0) is 13.0 Å². The first-order valence-electron chi connectivity index (χ1n) is 8.91. The molecule has 0 aliphatic carbocycles. The molecule has 1 aliphatic rings. The van der Waals surface area contributed by atoms with Gasteiger partial charge in [0.15, 0.2) is 0 Å². The van der Waals surface area contributed by atoms with Crippen molar-refractivity contribution >= 4 is 0 Å². The number of halogens is 1. The maximum Gasteiger partial charge on any atom is 0.148 e. The van der Waals surface area contributed by atoms with Crippen LogP contribution in [0.25, 0.3) is 0 Å². The third-order valence-corrected chi connectivity index (χ3v) is 4.94. The van der Waals surface area contributed by atoms with E-state index in [1.807, 2.05) is 23.7 Å². The van der Waals surface area contributed by atoms with Gasteiger partial charge >= 0.3 is 0 Å². The standard InChI is InChI=1S/C18H26FN5/c1-15-20-21-22-24(15)13-5-12-23-11-4-6-16(14-23)9-10-17-7-2-3-8-18(17)19/h2-3,7-8,16H,4-6,9-14H2,1H3/t16-/m1/s1. The first-order chi connectivity index (χ1) is 11.7. The van der Waals surface area contributed by atoms with Crippen molar-refractivity contribution in [2.75, 3.05) is 19.6 Å². The molecule has 0 radical (unpaired) electrons. The highest BCUT2D eigenvalue weighted by Gasteiger charge is 2.19. The van der Waals surface area contributed by atoms with E-state index in [2.05, 4.69) is 20.4 Å². The highest BCUT2D eigenvalue weighted by atomic mass is 19.1. The average Bonchev–Trinajstić information content (AvgIpc) is 3.00. The predicted molar refractivity (Wildman–Crippen MR) is 91.1 cm³/mol. The Morgan fingerprint density at radius 1 is 1.25 bits per heavy atom. The normalized spacial score (nSPS) is 18.8. The molecule has 0 spiro atoms. The second kappa shape index (κ2) is 8.33. The van der Waals surface area contributed by atoms with Gasteiger partial charge in [0.1, 0.15) is 11.6 Å². The first kappa shape index (κ1) is 17.0. The molecule has 2 heterocycles. The lowest BCUT2D eigenvalue weighted by atomic mass is 9.91. The Balaban J connectivity index is 1.41. The monoisotopic (exact) mass is 331 g/mol. The largest absolute Gasteiger partial charge is 0.303 e. The lowest BCUT2D eigenvalue weighted by Crippen LogP contribution is -2.36. The van der Waals surface area contributed by atoms with Crippen molar-refractivity contribution in [1.82, 2.24) is 25.1 Å². The van der Waals surface area contributed by atoms with Gasteiger partial charge in [-0.1, -0.05) is 18.2 Å². The molecule has 6 heteroatoms. The summed E-state index contributed by atoms with van der Waals surface area (Å²) < 4.78 is 15.6. The molecule has 0 N–H and O–H groups in total. The molecule has 24 heavy (non-hydrogen) atoms. The van der Waals surface area contributed by atoms with Gasteiger partial charge in [-0.15, -0.1) is 5.10 Å². The number of hydrogen-bond acceptors (Lipinski definition) is 4. The molecule has 1 aromatic carbocycles. The number of nitrogens with zero attached hydrogens (tertiary/aromatic N) is 5. The van der Waals surface area contributed by atoms with Crippen molar-refractivity contribution in [3.63, 3.8) is 0 Å². The second-order valence-electron chi connectivity index (χ2n) is 6.74. The van der Waals surface area contributed by atoms with Gasteiger partial charge in [0, 0.05) is 13.1 Å². The number of piperidine rings is 1. The quantitative estimate of drug-likeness (QED) is 0.783. The van der Waals surface area contributed by atoms with E-state index >= 15 is 0 Å². The number of aromatic nitrogens is 4. The summed E-state index contributed by atoms with van der Waals surface area (Å²) in [7, 11) is 0. The van der Waals surface area contributed by atoms with Gasteiger partial charge in [-0.25, -0.2) is 9.07 Å². The Bertz CT molecular complexity index is 642. The number of likely N-dealkylation sites (tertiary alicyclic amines) is 1. The van der Waals surface area contributed by atoms with Crippen molar-refractivity contribution in [1.29, 1.82) is 0 Å². The lowest BCUT2D eigenvalue weighted by Gasteiger charge is -2.32. The maximum absolute atomic E-state index is 13.7. The first-order valence-corrected chi connectivity index (χ1v) is 8.91. The van der Waals surface area contributed by atoms with Crippen LogP contribution in [0.3, 0.4) is 0 Å². The molecule has 2 aromatic rings. The zero-order valence-corrected chi connectivity index (χ0v) is 14.4. The number of tetrazole rings is 1. The molecule has 1 atom stereocenters. The molecule has 5 nitrogen and oxygen atoms in total. The topological polar surface area (TPSA) is 46.8 Å². The minimum atomic E-state index is -0.0676. The van der Waals surface area contributed by atoms with Crippen LogP contribution in [-0.4, -0.2) is 44.7 Å². The van der Waals surface area contributed by atoms with Gasteiger partial charge in [-0.2, -0.15) is 0 Å². The van der Waals surface area contributed by atoms with Crippen molar-refractivity contribution in [3.8, 4) is 0 Å². The van der Waals surface area contributed by atoms with Crippen molar-refractivity contribution in [2.45, 2.75) is 45.6 Å². The van der Waals surface area contributed by atoms with E-state index in [1.54, 1.807) is 12.1 Å². The predicted octanol–water partition coefficient (Wildman–Crippen LogP) is 2.86. The average molecular weight is 331 g/mol. The van der Waals surface area contributed by atoms with Crippen molar-refractivity contribution in [3.05, 3.63) is 41.5 Å². The van der Waals surface area contributed by atoms with Crippen LogP contribution in [0.1, 0.15) is 37.1 Å².